The summed E-state index contributed by atoms with van der Waals surface area (Å²) < 4.78 is 67.9. The molecule has 0 aliphatic heterocycles. The lowest BCUT2D eigenvalue weighted by Crippen LogP contribution is -2.06. The normalized spacial score (nSPS) is 17.5. The fraction of sp³-hybridized carbons (Fsp3) is 0.500. The summed E-state index contributed by atoms with van der Waals surface area (Å²) in [7, 11) is -5.61. The van der Waals surface area contributed by atoms with Crippen molar-refractivity contribution in [2.24, 2.45) is 0 Å². The molecule has 1 aromatic heterocycles. The molecule has 1 saturated carbocycles. The zero-order valence-corrected chi connectivity index (χ0v) is 14.8. The first kappa shape index (κ1) is 19.2. The van der Waals surface area contributed by atoms with Gasteiger partial charge in [0.1, 0.15) is 0 Å². The fourth-order valence-electron chi connectivity index (χ4n) is 3.05. The molecule has 0 saturated heterocycles. The molecule has 0 spiro atoms. The summed E-state index contributed by atoms with van der Waals surface area (Å²) in [6.45, 7) is 0. The molecule has 134 valence electrons. The molecule has 24 heavy (non-hydrogen) atoms. The number of halogens is 3. The van der Waals surface area contributed by atoms with E-state index >= 15 is 0 Å². The molecule has 1 aromatic carbocycles. The highest BCUT2D eigenvalue weighted by molar-refractivity contribution is 7.84. The Morgan fingerprint density at radius 1 is 1.12 bits per heavy atom. The van der Waals surface area contributed by atoms with Gasteiger partial charge in [0, 0.05) is 23.6 Å². The van der Waals surface area contributed by atoms with Crippen LogP contribution in [0.25, 0.3) is 10.1 Å². The second-order valence-electron chi connectivity index (χ2n) is 5.88. The minimum Gasteiger partial charge on any atom is -0.748 e. The lowest BCUT2D eigenvalue weighted by molar-refractivity contribution is -0.0868. The average Bonchev–Trinajstić information content (AvgIpc) is 2.86. The topological polar surface area (TPSA) is 57.2 Å². The Kier molecular flexibility index (Phi) is 5.93. The summed E-state index contributed by atoms with van der Waals surface area (Å²) in [4.78, 5) is 0.633. The van der Waals surface area contributed by atoms with E-state index in [2.05, 4.69) is 0 Å². The van der Waals surface area contributed by atoms with Gasteiger partial charge in [0.2, 0.25) is 0 Å². The van der Waals surface area contributed by atoms with Crippen molar-refractivity contribution < 1.29 is 26.1 Å². The molecule has 0 amide bonds. The Balaban J connectivity index is 0.000000368. The fourth-order valence-corrected chi connectivity index (χ4v) is 5.22. The van der Waals surface area contributed by atoms with Crippen molar-refractivity contribution in [3.63, 3.8) is 0 Å². The molecule has 1 aliphatic carbocycles. The Bertz CT molecular complexity index is 780. The van der Waals surface area contributed by atoms with Crippen LogP contribution in [0.5, 0.6) is 0 Å². The number of alkyl halides is 3. The van der Waals surface area contributed by atoms with Crippen LogP contribution in [0.15, 0.2) is 30.3 Å². The average molecular weight is 380 g/mol. The predicted octanol–water partition coefficient (Wildman–Crippen LogP) is 5.27. The van der Waals surface area contributed by atoms with Gasteiger partial charge in [-0.1, -0.05) is 31.4 Å². The van der Waals surface area contributed by atoms with E-state index in [1.807, 2.05) is 12.1 Å². The summed E-state index contributed by atoms with van der Waals surface area (Å²) in [6, 6.07) is 8.77. The third-order valence-corrected chi connectivity index (χ3v) is 6.11. The van der Waals surface area contributed by atoms with Crippen LogP contribution in [0, 0.1) is 0 Å². The van der Waals surface area contributed by atoms with Crippen LogP contribution in [0.3, 0.4) is 0 Å². The molecular weight excluding hydrogens is 361 g/mol. The molecule has 1 unspecified atom stereocenters. The number of rotatable bonds is 1. The Morgan fingerprint density at radius 3 is 2.21 bits per heavy atom. The summed E-state index contributed by atoms with van der Waals surface area (Å²) in [5.74, 6) is 0.131. The number of hydrogen-bond acceptors (Lipinski definition) is 3. The SMILES string of the molecule is CS(=O)(=O)[O-].FC(F)(F)[s+]1c(C2CCCCC2)cc2ccccc21. The van der Waals surface area contributed by atoms with Gasteiger partial charge in [0.25, 0.3) is 0 Å². The monoisotopic (exact) mass is 380 g/mol. The van der Waals surface area contributed by atoms with Gasteiger partial charge in [-0.25, -0.2) is 8.42 Å². The summed E-state index contributed by atoms with van der Waals surface area (Å²) in [5.41, 5.74) is -4.14. The Hall–Kier alpha value is -1.12. The van der Waals surface area contributed by atoms with Crippen molar-refractivity contribution in [2.75, 3.05) is 6.26 Å². The van der Waals surface area contributed by atoms with Crippen LogP contribution in [0.4, 0.5) is 13.2 Å². The first-order valence-electron chi connectivity index (χ1n) is 7.60. The van der Waals surface area contributed by atoms with Gasteiger partial charge in [-0.05, 0) is 25.0 Å². The third kappa shape index (κ3) is 5.19. The van der Waals surface area contributed by atoms with E-state index in [0.717, 1.165) is 37.5 Å². The van der Waals surface area contributed by atoms with Gasteiger partial charge in [-0.2, -0.15) is 0 Å². The van der Waals surface area contributed by atoms with Gasteiger partial charge in [0.15, 0.2) is 9.58 Å². The largest absolute Gasteiger partial charge is 0.748 e. The van der Waals surface area contributed by atoms with Crippen LogP contribution in [-0.4, -0.2) is 19.2 Å². The maximum Gasteiger partial charge on any atom is 0.600 e. The third-order valence-electron chi connectivity index (χ3n) is 3.91. The predicted molar refractivity (Wildman–Crippen MR) is 89.2 cm³/mol. The van der Waals surface area contributed by atoms with Gasteiger partial charge in [-0.15, -0.1) is 13.2 Å². The summed E-state index contributed by atoms with van der Waals surface area (Å²) >= 11 is 0. The minimum atomic E-state index is -4.14. The highest BCUT2D eigenvalue weighted by atomic mass is 32.2. The minimum absolute atomic E-state index is 0.131. The molecule has 1 aliphatic rings. The van der Waals surface area contributed by atoms with E-state index in [9.17, 15) is 13.2 Å². The van der Waals surface area contributed by atoms with Crippen molar-refractivity contribution in [1.29, 1.82) is 0 Å². The van der Waals surface area contributed by atoms with Gasteiger partial charge >= 0.3 is 5.51 Å². The lowest BCUT2D eigenvalue weighted by Gasteiger charge is -2.18. The number of thiophene rings is 1. The van der Waals surface area contributed by atoms with Gasteiger partial charge in [0.05, 0.1) is 20.6 Å². The van der Waals surface area contributed by atoms with E-state index in [1.165, 1.54) is 0 Å². The Labute approximate surface area is 142 Å². The zero-order chi connectivity index (χ0) is 18.0. The van der Waals surface area contributed by atoms with Crippen LogP contribution < -0.4 is 0 Å². The molecule has 1 fully saturated rings. The smallest absolute Gasteiger partial charge is 0.600 e. The molecular formula is C16H19F3O3S2. The quantitative estimate of drug-likeness (QED) is 0.500. The van der Waals surface area contributed by atoms with Crippen LogP contribution >= 0.6 is 10.5 Å². The van der Waals surface area contributed by atoms with Crippen molar-refractivity contribution in [3.05, 3.63) is 35.2 Å². The molecule has 0 radical (unpaired) electrons. The van der Waals surface area contributed by atoms with Crippen LogP contribution in [0.2, 0.25) is 0 Å². The van der Waals surface area contributed by atoms with Crippen molar-refractivity contribution in [1.82, 2.24) is 0 Å². The van der Waals surface area contributed by atoms with E-state index < -0.39 is 26.1 Å². The van der Waals surface area contributed by atoms with Crippen LogP contribution in [-0.2, 0) is 15.6 Å². The highest BCUT2D eigenvalue weighted by Crippen LogP contribution is 2.54. The first-order valence-corrected chi connectivity index (χ1v) is 10.6. The van der Waals surface area contributed by atoms with E-state index in [0.29, 0.717) is 15.8 Å². The van der Waals surface area contributed by atoms with Crippen molar-refractivity contribution in [2.45, 2.75) is 43.5 Å². The Morgan fingerprint density at radius 2 is 1.67 bits per heavy atom. The van der Waals surface area contributed by atoms with Gasteiger partial charge < -0.3 is 4.55 Å². The second-order valence-corrected chi connectivity index (χ2v) is 9.27. The molecule has 3 rings (SSSR count). The second kappa shape index (κ2) is 7.41. The standard InChI is InChI=1S/C15H16F3S.CH4O3S/c16-15(17,18)19-13-9-5-4-8-12(13)10-14(19)11-6-2-1-3-7-11;1-5(2,3)4/h4-5,8-11H,1-3,6-7H2;1H3,(H,2,3,4)/q+1;/p-1. The molecule has 3 nitrogen and oxygen atoms in total. The molecule has 0 N–H and O–H groups in total. The maximum absolute atomic E-state index is 13.4. The highest BCUT2D eigenvalue weighted by Gasteiger charge is 2.49. The number of hydrogen-bond donors (Lipinski definition) is 0. The number of fused-ring (bicyclic) bond motifs is 1. The summed E-state index contributed by atoms with van der Waals surface area (Å²) in [6.07, 6.45) is 5.73. The van der Waals surface area contributed by atoms with Crippen molar-refractivity contribution >= 4 is 30.7 Å². The molecule has 8 heteroatoms. The maximum atomic E-state index is 13.4. The van der Waals surface area contributed by atoms with E-state index in [1.54, 1.807) is 18.2 Å². The summed E-state index contributed by atoms with van der Waals surface area (Å²) in [5, 5.41) is 0.767. The van der Waals surface area contributed by atoms with Gasteiger partial charge in [-0.3, -0.25) is 0 Å². The van der Waals surface area contributed by atoms with Crippen LogP contribution in [0.1, 0.15) is 42.9 Å². The zero-order valence-electron chi connectivity index (χ0n) is 13.2. The lowest BCUT2D eigenvalue weighted by atomic mass is 9.88. The van der Waals surface area contributed by atoms with E-state index in [4.69, 9.17) is 13.0 Å². The molecule has 2 aromatic rings. The first-order chi connectivity index (χ1) is 11.1. The van der Waals surface area contributed by atoms with Crippen molar-refractivity contribution in [3.8, 4) is 0 Å². The number of benzene rings is 1. The molecule has 1 atom stereocenters. The molecule has 1 heterocycles. The van der Waals surface area contributed by atoms with E-state index in [-0.39, 0.29) is 5.92 Å². The molecule has 0 bridgehead atoms.